The quantitative estimate of drug-likeness (QED) is 0.394. The van der Waals surface area contributed by atoms with Gasteiger partial charge in [0.1, 0.15) is 0 Å². The summed E-state index contributed by atoms with van der Waals surface area (Å²) in [6, 6.07) is 0. The molecule has 2 N–H and O–H groups in total. The average molecular weight is 184 g/mol. The first kappa shape index (κ1) is 10.8. The molecule has 0 unspecified atom stereocenters. The normalized spacial score (nSPS) is 11.8. The number of nitrogens with one attached hydrogen (secondary N) is 2. The Bertz CT molecular complexity index is 179. The van der Waals surface area contributed by atoms with Crippen molar-refractivity contribution < 1.29 is 18.0 Å². The van der Waals surface area contributed by atoms with E-state index in [1.165, 1.54) is 14.2 Å². The molecular weight excluding hydrogens is 172 g/mol. The first-order chi connectivity index (χ1) is 5.12. The van der Waals surface area contributed by atoms with Crippen LogP contribution in [0.3, 0.4) is 0 Å². The van der Waals surface area contributed by atoms with E-state index in [2.05, 4.69) is 9.57 Å². The Morgan fingerprint density at radius 1 is 1.36 bits per heavy atom. The highest BCUT2D eigenvalue weighted by molar-refractivity contribution is 7.87. The molecule has 68 valence electrons. The van der Waals surface area contributed by atoms with Gasteiger partial charge in [0, 0.05) is 14.2 Å². The van der Waals surface area contributed by atoms with Crippen LogP contribution in [0.25, 0.3) is 0 Å². The van der Waals surface area contributed by atoms with E-state index in [0.29, 0.717) is 6.61 Å². The summed E-state index contributed by atoms with van der Waals surface area (Å²) < 4.78 is 27.8. The molecule has 0 saturated carbocycles. The van der Waals surface area contributed by atoms with Gasteiger partial charge in [0.15, 0.2) is 0 Å². The molecule has 0 aromatic heterocycles. The van der Waals surface area contributed by atoms with Gasteiger partial charge in [0.2, 0.25) is 0 Å². The van der Waals surface area contributed by atoms with E-state index in [4.69, 9.17) is 0 Å². The number of hydrogen-bond acceptors (Lipinski definition) is 4. The predicted octanol–water partition coefficient (Wildman–Crippen LogP) is -1.38. The molecule has 0 fully saturated rings. The van der Waals surface area contributed by atoms with Gasteiger partial charge in [-0.25, -0.2) is 4.72 Å². The molecule has 0 aromatic carbocycles. The molecule has 0 radical (unpaired) electrons. The first-order valence-electron chi connectivity index (χ1n) is 2.93. The van der Waals surface area contributed by atoms with Gasteiger partial charge in [-0.1, -0.05) is 4.89 Å². The Morgan fingerprint density at radius 2 is 2.00 bits per heavy atom. The average Bonchev–Trinajstić information content (AvgIpc) is 1.99. The minimum Gasteiger partial charge on any atom is -0.382 e. The molecule has 0 spiro atoms. The molecule has 11 heavy (non-hydrogen) atoms. The van der Waals surface area contributed by atoms with Crippen LogP contribution >= 0.6 is 0 Å². The number of rotatable bonds is 6. The lowest BCUT2D eigenvalue weighted by atomic mass is 10.8. The van der Waals surface area contributed by atoms with Crippen molar-refractivity contribution in [3.05, 3.63) is 0 Å². The maximum Gasteiger partial charge on any atom is 0.298 e. The van der Waals surface area contributed by atoms with Crippen LogP contribution in [-0.4, -0.2) is 35.8 Å². The fourth-order valence-corrected chi connectivity index (χ4v) is 0.608. The molecule has 7 heteroatoms. The Morgan fingerprint density at radius 3 is 2.45 bits per heavy atom. The third-order valence-electron chi connectivity index (χ3n) is 0.827. The van der Waals surface area contributed by atoms with Crippen LogP contribution in [-0.2, 0) is 19.8 Å². The van der Waals surface area contributed by atoms with Crippen molar-refractivity contribution in [1.82, 2.24) is 9.61 Å². The Hall–Kier alpha value is -0.210. The van der Waals surface area contributed by atoms with E-state index in [0.717, 1.165) is 0 Å². The number of ether oxygens (including phenoxy) is 1. The van der Waals surface area contributed by atoms with Crippen LogP contribution in [0.5, 0.6) is 0 Å². The van der Waals surface area contributed by atoms with Gasteiger partial charge in [-0.2, -0.15) is 8.42 Å². The predicted molar refractivity (Wildman–Crippen MR) is 38.9 cm³/mol. The van der Waals surface area contributed by atoms with Crippen LogP contribution in [0, 0.1) is 0 Å². The summed E-state index contributed by atoms with van der Waals surface area (Å²) in [5.74, 6) is 0. The van der Waals surface area contributed by atoms with Crippen molar-refractivity contribution in [3.8, 4) is 0 Å². The molecule has 0 atom stereocenters. The van der Waals surface area contributed by atoms with E-state index < -0.39 is 10.2 Å². The summed E-state index contributed by atoms with van der Waals surface area (Å²) in [6.45, 7) is 0.518. The molecule has 0 saturated heterocycles. The second kappa shape index (κ2) is 5.44. The summed E-state index contributed by atoms with van der Waals surface area (Å²) >= 11 is 0. The molecule has 0 amide bonds. The Kier molecular flexibility index (Phi) is 5.34. The highest BCUT2D eigenvalue weighted by Crippen LogP contribution is 1.75. The first-order valence-corrected chi connectivity index (χ1v) is 4.41. The fourth-order valence-electron chi connectivity index (χ4n) is 0.286. The van der Waals surface area contributed by atoms with Crippen molar-refractivity contribution in [2.45, 2.75) is 0 Å². The van der Waals surface area contributed by atoms with Crippen LogP contribution in [0.15, 0.2) is 0 Å². The topological polar surface area (TPSA) is 76.7 Å². The highest BCUT2D eigenvalue weighted by Gasteiger charge is 2.03. The third kappa shape index (κ3) is 6.20. The zero-order chi connectivity index (χ0) is 8.74. The van der Waals surface area contributed by atoms with Crippen LogP contribution in [0.2, 0.25) is 0 Å². The monoisotopic (exact) mass is 184 g/mol. The van der Waals surface area contributed by atoms with Gasteiger partial charge in [0.05, 0.1) is 13.2 Å². The third-order valence-corrected chi connectivity index (χ3v) is 1.70. The van der Waals surface area contributed by atoms with Crippen molar-refractivity contribution in [2.75, 3.05) is 27.4 Å². The fraction of sp³-hybridized carbons (Fsp3) is 1.00. The van der Waals surface area contributed by atoms with Crippen LogP contribution < -0.4 is 9.61 Å². The van der Waals surface area contributed by atoms with E-state index in [9.17, 15) is 8.42 Å². The van der Waals surface area contributed by atoms with Crippen molar-refractivity contribution in [3.63, 3.8) is 0 Å². The molecule has 6 nitrogen and oxygen atoms in total. The van der Waals surface area contributed by atoms with Crippen LogP contribution in [0.1, 0.15) is 0 Å². The van der Waals surface area contributed by atoms with Gasteiger partial charge >= 0.3 is 0 Å². The zero-order valence-electron chi connectivity index (χ0n) is 6.46. The van der Waals surface area contributed by atoms with Gasteiger partial charge in [-0.05, 0) is 0 Å². The van der Waals surface area contributed by atoms with E-state index in [-0.39, 0.29) is 6.61 Å². The van der Waals surface area contributed by atoms with Gasteiger partial charge < -0.3 is 4.74 Å². The standard InChI is InChI=1S/C4H12N2O4S/c1-5-11(7,8)6-10-4-3-9-2/h5-6H,3-4H2,1-2H3. The number of methoxy groups -OCH3 is 1. The largest absolute Gasteiger partial charge is 0.382 e. The van der Waals surface area contributed by atoms with Crippen molar-refractivity contribution >= 4 is 10.2 Å². The minimum absolute atomic E-state index is 0.178. The van der Waals surface area contributed by atoms with Crippen molar-refractivity contribution in [2.24, 2.45) is 0 Å². The summed E-state index contributed by atoms with van der Waals surface area (Å²) in [5, 5.41) is 0. The molecular formula is C4H12N2O4S. The summed E-state index contributed by atoms with van der Waals surface area (Å²) in [4.78, 5) is 6.33. The Labute approximate surface area is 66.0 Å². The lowest BCUT2D eigenvalue weighted by molar-refractivity contribution is 0.0434. The lowest BCUT2D eigenvalue weighted by Gasteiger charge is -2.03. The van der Waals surface area contributed by atoms with E-state index in [1.54, 1.807) is 0 Å². The maximum atomic E-state index is 10.6. The SMILES string of the molecule is CNS(=O)(=O)NOCCOC. The molecule has 0 heterocycles. The molecule has 0 aliphatic rings. The molecule has 0 bridgehead atoms. The molecule has 0 aromatic rings. The van der Waals surface area contributed by atoms with Crippen molar-refractivity contribution in [1.29, 1.82) is 0 Å². The molecule has 0 rings (SSSR count). The van der Waals surface area contributed by atoms with Gasteiger partial charge in [-0.15, -0.1) is 0 Å². The van der Waals surface area contributed by atoms with Gasteiger partial charge in [0.25, 0.3) is 10.2 Å². The zero-order valence-corrected chi connectivity index (χ0v) is 7.27. The van der Waals surface area contributed by atoms with Crippen LogP contribution in [0.4, 0.5) is 0 Å². The smallest absolute Gasteiger partial charge is 0.298 e. The van der Waals surface area contributed by atoms with Gasteiger partial charge in [-0.3, -0.25) is 4.84 Å². The summed E-state index contributed by atoms with van der Waals surface area (Å²) in [6.07, 6.45) is 0. The second-order valence-electron chi connectivity index (χ2n) is 1.63. The summed E-state index contributed by atoms with van der Waals surface area (Å²) in [5.41, 5.74) is 0. The molecule has 0 aliphatic heterocycles. The molecule has 0 aliphatic carbocycles. The lowest BCUT2D eigenvalue weighted by Crippen LogP contribution is -2.34. The summed E-state index contributed by atoms with van der Waals surface area (Å²) in [7, 11) is -0.702. The van der Waals surface area contributed by atoms with E-state index >= 15 is 0 Å². The van der Waals surface area contributed by atoms with E-state index in [1.807, 2.05) is 9.61 Å². The highest BCUT2D eigenvalue weighted by atomic mass is 32.2. The minimum atomic E-state index is -3.48. The number of hydrogen-bond donors (Lipinski definition) is 2. The maximum absolute atomic E-state index is 10.6. The second-order valence-corrected chi connectivity index (χ2v) is 3.21. The Balaban J connectivity index is 3.39.